The van der Waals surface area contributed by atoms with Crippen molar-refractivity contribution in [2.24, 2.45) is 5.73 Å². The summed E-state index contributed by atoms with van der Waals surface area (Å²) in [5, 5.41) is 6.17. The van der Waals surface area contributed by atoms with E-state index < -0.39 is 5.66 Å². The number of benzene rings is 2. The molecule has 6 heteroatoms. The molecule has 3 aromatic rings. The second-order valence-corrected chi connectivity index (χ2v) is 8.63. The van der Waals surface area contributed by atoms with Gasteiger partial charge in [-0.25, -0.2) is 0 Å². The lowest BCUT2D eigenvalue weighted by atomic mass is 10.0. The number of nitrogens with one attached hydrogen (secondary N) is 2. The highest BCUT2D eigenvalue weighted by Crippen LogP contribution is 2.19. The van der Waals surface area contributed by atoms with E-state index in [9.17, 15) is 9.59 Å². The lowest BCUT2D eigenvalue weighted by molar-refractivity contribution is 0.0936. The van der Waals surface area contributed by atoms with E-state index in [0.717, 1.165) is 36.1 Å². The van der Waals surface area contributed by atoms with Gasteiger partial charge >= 0.3 is 0 Å². The van der Waals surface area contributed by atoms with E-state index in [2.05, 4.69) is 34.9 Å². The van der Waals surface area contributed by atoms with Gasteiger partial charge in [0.15, 0.2) is 0 Å². The van der Waals surface area contributed by atoms with Crippen LogP contribution in [0.3, 0.4) is 0 Å². The van der Waals surface area contributed by atoms with Gasteiger partial charge in [0.25, 0.3) is 11.5 Å². The first-order valence-electron chi connectivity index (χ1n) is 12.3. The third-order valence-electron chi connectivity index (χ3n) is 5.83. The maximum Gasteiger partial charge on any atom is 0.263 e. The predicted octanol–water partition coefficient (Wildman–Crippen LogP) is 5.29. The van der Waals surface area contributed by atoms with Gasteiger partial charge in [0.1, 0.15) is 11.2 Å². The summed E-state index contributed by atoms with van der Waals surface area (Å²) < 4.78 is 1.57. The van der Waals surface area contributed by atoms with Gasteiger partial charge in [0, 0.05) is 17.9 Å². The van der Waals surface area contributed by atoms with E-state index >= 15 is 0 Å². The maximum absolute atomic E-state index is 12.9. The van der Waals surface area contributed by atoms with Crippen molar-refractivity contribution in [2.45, 2.75) is 51.9 Å². The van der Waals surface area contributed by atoms with Crippen LogP contribution in [-0.2, 0) is 6.54 Å². The van der Waals surface area contributed by atoms with Crippen LogP contribution in [0, 0.1) is 0 Å². The smallest absolute Gasteiger partial charge is 0.263 e. The summed E-state index contributed by atoms with van der Waals surface area (Å²) in [6.45, 7) is 7.12. The SMILES string of the molecule is CC.C[C@H](CCCNC1(N)C=C1)NC(=O)c1cccn(Cc2ccc(-c3ccccc3)cc2)c1=O.[HH].[HH].[HH].[HH]. The molecule has 0 radical (unpaired) electrons. The number of amides is 1. The van der Waals surface area contributed by atoms with Crippen LogP contribution in [0.25, 0.3) is 11.1 Å². The molecule has 1 atom stereocenters. The molecule has 192 valence electrons. The van der Waals surface area contributed by atoms with Crippen LogP contribution in [0.15, 0.2) is 89.9 Å². The van der Waals surface area contributed by atoms with Gasteiger partial charge < -0.3 is 15.6 Å². The number of rotatable bonds is 10. The number of aromatic nitrogens is 1. The van der Waals surface area contributed by atoms with Gasteiger partial charge in [-0.2, -0.15) is 0 Å². The molecule has 4 rings (SSSR count). The predicted molar refractivity (Wildman–Crippen MR) is 152 cm³/mol. The van der Waals surface area contributed by atoms with Crippen LogP contribution >= 0.6 is 0 Å². The monoisotopic (exact) mass is 480 g/mol. The van der Waals surface area contributed by atoms with Crippen LogP contribution in [-0.4, -0.2) is 28.7 Å². The van der Waals surface area contributed by atoms with Gasteiger partial charge in [-0.05, 0) is 67.3 Å². The molecule has 1 aliphatic rings. The minimum atomic E-state index is -0.413. The van der Waals surface area contributed by atoms with Gasteiger partial charge in [-0.15, -0.1) is 0 Å². The van der Waals surface area contributed by atoms with Gasteiger partial charge in [-0.3, -0.25) is 14.9 Å². The molecular weight excluding hydrogens is 436 g/mol. The molecule has 0 saturated heterocycles. The number of pyridine rings is 1. The van der Waals surface area contributed by atoms with E-state index in [1.807, 2.05) is 63.3 Å². The molecule has 1 aromatic heterocycles. The number of carbonyl (C=O) groups excluding carboxylic acids is 1. The third kappa shape index (κ3) is 7.50. The molecule has 0 fully saturated rings. The Balaban J connectivity index is 0. The first-order valence-corrected chi connectivity index (χ1v) is 12.3. The van der Waals surface area contributed by atoms with Crippen molar-refractivity contribution in [2.75, 3.05) is 6.54 Å². The zero-order valence-corrected chi connectivity index (χ0v) is 20.8. The number of carbonyl (C=O) groups is 1. The highest BCUT2D eigenvalue weighted by atomic mass is 16.2. The highest BCUT2D eigenvalue weighted by Gasteiger charge is 2.27. The molecule has 4 N–H and O–H groups in total. The summed E-state index contributed by atoms with van der Waals surface area (Å²) >= 11 is 0. The molecular formula is C29H44N4O2. The van der Waals surface area contributed by atoms with E-state index in [0.29, 0.717) is 6.54 Å². The quantitative estimate of drug-likeness (QED) is 0.209. The van der Waals surface area contributed by atoms with Crippen molar-refractivity contribution in [3.8, 4) is 11.1 Å². The lowest BCUT2D eigenvalue weighted by Crippen LogP contribution is -2.42. The van der Waals surface area contributed by atoms with Gasteiger partial charge in [0.2, 0.25) is 0 Å². The summed E-state index contributed by atoms with van der Waals surface area (Å²) in [7, 11) is 0. The van der Waals surface area contributed by atoms with Crippen molar-refractivity contribution >= 4 is 5.91 Å². The van der Waals surface area contributed by atoms with Gasteiger partial charge in [-0.1, -0.05) is 68.4 Å². The van der Waals surface area contributed by atoms with E-state index in [1.165, 1.54) is 0 Å². The summed E-state index contributed by atoms with van der Waals surface area (Å²) in [6.07, 6.45) is 7.21. The minimum Gasteiger partial charge on any atom is -0.349 e. The normalized spacial score (nSPS) is 13.9. The average molecular weight is 481 g/mol. The van der Waals surface area contributed by atoms with Crippen LogP contribution in [0.5, 0.6) is 0 Å². The maximum atomic E-state index is 12.9. The van der Waals surface area contributed by atoms with E-state index in [-0.39, 0.29) is 28.8 Å². The molecule has 0 spiro atoms. The van der Waals surface area contributed by atoms with Crippen molar-refractivity contribution in [3.63, 3.8) is 0 Å². The lowest BCUT2D eigenvalue weighted by Gasteiger charge is -2.16. The van der Waals surface area contributed by atoms with Crippen molar-refractivity contribution in [1.82, 2.24) is 15.2 Å². The molecule has 2 aromatic carbocycles. The molecule has 1 aliphatic carbocycles. The molecule has 0 aliphatic heterocycles. The van der Waals surface area contributed by atoms with E-state index in [1.54, 1.807) is 22.9 Å². The standard InChI is InChI=1S/C27H30N4O2.C2H6.4H2/c1-20(7-5-17-29-27(28)15-16-27)30-25(32)24-10-6-18-31(26(24)33)19-21-11-13-23(14-12-21)22-8-3-2-4-9-22;1-2;;;;/h2-4,6,8-16,18,20,29H,5,7,17,19,28H2,1H3,(H,30,32);1-2H3;4*1H/t20-;;;;;/m1...../s1. The Bertz CT molecular complexity index is 1200. The second-order valence-electron chi connectivity index (χ2n) is 8.63. The zero-order chi connectivity index (χ0) is 25.3. The summed E-state index contributed by atoms with van der Waals surface area (Å²) in [6, 6.07) is 21.6. The zero-order valence-electron chi connectivity index (χ0n) is 20.8. The fourth-order valence-corrected chi connectivity index (χ4v) is 3.76. The Morgan fingerprint density at radius 1 is 1.00 bits per heavy atom. The van der Waals surface area contributed by atoms with Crippen LogP contribution in [0.4, 0.5) is 0 Å². The molecule has 6 nitrogen and oxygen atoms in total. The van der Waals surface area contributed by atoms with Crippen molar-refractivity contribution in [1.29, 1.82) is 0 Å². The Morgan fingerprint density at radius 2 is 1.66 bits per heavy atom. The van der Waals surface area contributed by atoms with E-state index in [4.69, 9.17) is 5.73 Å². The van der Waals surface area contributed by atoms with Crippen molar-refractivity contribution in [3.05, 3.63) is 107 Å². The highest BCUT2D eigenvalue weighted by molar-refractivity contribution is 5.93. The molecule has 0 saturated carbocycles. The van der Waals surface area contributed by atoms with Crippen LogP contribution in [0.2, 0.25) is 0 Å². The second kappa shape index (κ2) is 12.3. The summed E-state index contributed by atoms with van der Waals surface area (Å²) in [5.74, 6) is -0.339. The average Bonchev–Trinajstić information content (AvgIpc) is 3.62. The summed E-state index contributed by atoms with van der Waals surface area (Å²) in [5.41, 5.74) is 8.64. The Morgan fingerprint density at radius 3 is 2.31 bits per heavy atom. The third-order valence-corrected chi connectivity index (χ3v) is 5.83. The molecule has 1 amide bonds. The first-order chi connectivity index (χ1) is 16.9. The Kier molecular flexibility index (Phi) is 9.18. The fourth-order valence-electron chi connectivity index (χ4n) is 3.76. The van der Waals surface area contributed by atoms with Crippen LogP contribution in [0.1, 0.15) is 55.2 Å². The number of nitrogens with zero attached hydrogens (tertiary/aromatic N) is 1. The molecule has 0 bridgehead atoms. The number of hydrogen-bond acceptors (Lipinski definition) is 4. The minimum absolute atomic E-state index is 0. The van der Waals surface area contributed by atoms with Crippen LogP contribution < -0.4 is 21.9 Å². The number of nitrogens with two attached hydrogens (primary N) is 1. The summed E-state index contributed by atoms with van der Waals surface area (Å²) in [4.78, 5) is 25.6. The Labute approximate surface area is 213 Å². The molecule has 0 unspecified atom stereocenters. The number of hydrogen-bond donors (Lipinski definition) is 3. The first kappa shape index (κ1) is 26.1. The molecule has 1 heterocycles. The van der Waals surface area contributed by atoms with Crippen molar-refractivity contribution < 1.29 is 10.5 Å². The van der Waals surface area contributed by atoms with Gasteiger partial charge in [0.05, 0.1) is 6.54 Å². The topological polar surface area (TPSA) is 89.2 Å². The Hall–Kier alpha value is -3.48. The largest absolute Gasteiger partial charge is 0.349 e. The fraction of sp³-hybridized carbons (Fsp3) is 0.310. The molecule has 35 heavy (non-hydrogen) atoms.